The SMILES string of the molecule is CC(C)(C)c1cc(NC(=O)Nc2ccc(Oc3cccc4[nH]c(=O)[nH]c34)cc2F)n(-c2ccccc2)n1. The highest BCUT2D eigenvalue weighted by molar-refractivity contribution is 5.99. The number of para-hydroxylation sites is 2. The lowest BCUT2D eigenvalue weighted by atomic mass is 9.92. The molecule has 0 aliphatic heterocycles. The largest absolute Gasteiger partial charge is 0.455 e. The summed E-state index contributed by atoms with van der Waals surface area (Å²) < 4.78 is 22.3. The molecule has 4 N–H and O–H groups in total. The van der Waals surface area contributed by atoms with Crippen molar-refractivity contribution in [1.82, 2.24) is 19.7 Å². The fraction of sp³-hybridized carbons (Fsp3) is 0.148. The molecule has 0 saturated carbocycles. The predicted octanol–water partition coefficient (Wildman–Crippen LogP) is 5.91. The monoisotopic (exact) mass is 500 g/mol. The lowest BCUT2D eigenvalue weighted by Gasteiger charge is -2.14. The number of imidazole rings is 1. The Morgan fingerprint density at radius 1 is 0.973 bits per heavy atom. The van der Waals surface area contributed by atoms with Gasteiger partial charge in [0.25, 0.3) is 0 Å². The average molecular weight is 501 g/mol. The zero-order valence-electron chi connectivity index (χ0n) is 20.4. The van der Waals surface area contributed by atoms with Crippen molar-refractivity contribution in [3.8, 4) is 17.2 Å². The van der Waals surface area contributed by atoms with E-state index in [4.69, 9.17) is 4.74 Å². The molecule has 0 aliphatic rings. The molecule has 2 amide bonds. The van der Waals surface area contributed by atoms with Crippen LogP contribution in [-0.4, -0.2) is 25.8 Å². The third-order valence-corrected chi connectivity index (χ3v) is 5.65. The number of amides is 2. The van der Waals surface area contributed by atoms with Crippen LogP contribution in [0.3, 0.4) is 0 Å². The van der Waals surface area contributed by atoms with Gasteiger partial charge in [-0.05, 0) is 36.4 Å². The molecule has 9 nitrogen and oxygen atoms in total. The summed E-state index contributed by atoms with van der Waals surface area (Å²) in [6.45, 7) is 6.09. The van der Waals surface area contributed by atoms with Crippen molar-refractivity contribution in [2.75, 3.05) is 10.6 Å². The van der Waals surface area contributed by atoms with Crippen LogP contribution < -0.4 is 21.1 Å². The highest BCUT2D eigenvalue weighted by Crippen LogP contribution is 2.30. The van der Waals surface area contributed by atoms with E-state index in [0.29, 0.717) is 22.6 Å². The minimum absolute atomic E-state index is 0.0278. The van der Waals surface area contributed by atoms with Gasteiger partial charge in [-0.3, -0.25) is 5.32 Å². The average Bonchev–Trinajstić information content (AvgIpc) is 3.45. The van der Waals surface area contributed by atoms with Crippen LogP contribution in [0.25, 0.3) is 16.7 Å². The first-order chi connectivity index (χ1) is 17.7. The summed E-state index contributed by atoms with van der Waals surface area (Å²) >= 11 is 0. The van der Waals surface area contributed by atoms with Crippen LogP contribution in [0.5, 0.6) is 11.5 Å². The van der Waals surface area contributed by atoms with Crippen molar-refractivity contribution in [3.63, 3.8) is 0 Å². The normalized spacial score (nSPS) is 11.5. The van der Waals surface area contributed by atoms with Gasteiger partial charge in [0.2, 0.25) is 0 Å². The predicted molar refractivity (Wildman–Crippen MR) is 140 cm³/mol. The van der Waals surface area contributed by atoms with Gasteiger partial charge < -0.3 is 20.0 Å². The maximum Gasteiger partial charge on any atom is 0.324 e. The second kappa shape index (κ2) is 9.30. The van der Waals surface area contributed by atoms with E-state index in [0.717, 1.165) is 17.4 Å². The zero-order chi connectivity index (χ0) is 26.2. The molecule has 10 heteroatoms. The van der Waals surface area contributed by atoms with E-state index in [2.05, 4.69) is 25.7 Å². The summed E-state index contributed by atoms with van der Waals surface area (Å²) in [5, 5.41) is 9.97. The quantitative estimate of drug-likeness (QED) is 0.240. The minimum Gasteiger partial charge on any atom is -0.455 e. The number of ether oxygens (including phenoxy) is 1. The number of carbonyl (C=O) groups is 1. The van der Waals surface area contributed by atoms with Crippen molar-refractivity contribution in [2.24, 2.45) is 0 Å². The van der Waals surface area contributed by atoms with Gasteiger partial charge in [-0.25, -0.2) is 18.7 Å². The standard InChI is InChI=1S/C27H25FN6O3/c1-27(2,3)22-15-23(34(33-22)16-8-5-4-6-9-16)31-25(35)29-19-13-12-17(14-18(19)28)37-21-11-7-10-20-24(21)32-26(36)30-20/h4-15H,1-3H3,(H2,29,31,35)(H2,30,32,36). The molecule has 0 aliphatic carbocycles. The van der Waals surface area contributed by atoms with Crippen molar-refractivity contribution in [3.05, 3.63) is 94.8 Å². The number of rotatable bonds is 5. The highest BCUT2D eigenvalue weighted by atomic mass is 19.1. The fourth-order valence-electron chi connectivity index (χ4n) is 3.78. The Kier molecular flexibility index (Phi) is 6.00. The van der Waals surface area contributed by atoms with Crippen LogP contribution in [0.2, 0.25) is 0 Å². The second-order valence-electron chi connectivity index (χ2n) is 9.49. The Hall–Kier alpha value is -4.86. The number of urea groups is 1. The molecule has 0 fully saturated rings. The molecule has 0 spiro atoms. The number of carbonyl (C=O) groups excluding carboxylic acids is 1. The summed E-state index contributed by atoms with van der Waals surface area (Å²) in [5.74, 6) is 0.324. The number of aromatic amines is 2. The van der Waals surface area contributed by atoms with E-state index in [9.17, 15) is 14.0 Å². The number of hydrogen-bond acceptors (Lipinski definition) is 4. The molecule has 3 aromatic carbocycles. The Morgan fingerprint density at radius 2 is 1.76 bits per heavy atom. The van der Waals surface area contributed by atoms with Gasteiger partial charge in [0.05, 0.1) is 22.6 Å². The van der Waals surface area contributed by atoms with Crippen molar-refractivity contribution in [1.29, 1.82) is 0 Å². The van der Waals surface area contributed by atoms with E-state index in [1.165, 1.54) is 12.1 Å². The summed E-state index contributed by atoms with van der Waals surface area (Å²) in [6.07, 6.45) is 0. The first-order valence-electron chi connectivity index (χ1n) is 11.6. The number of nitrogens with one attached hydrogen (secondary N) is 4. The molecule has 188 valence electrons. The van der Waals surface area contributed by atoms with Crippen LogP contribution in [-0.2, 0) is 5.41 Å². The van der Waals surface area contributed by atoms with Crippen LogP contribution in [0.4, 0.5) is 20.7 Å². The van der Waals surface area contributed by atoms with Crippen molar-refractivity contribution < 1.29 is 13.9 Å². The maximum absolute atomic E-state index is 14.9. The van der Waals surface area contributed by atoms with Gasteiger partial charge in [0.1, 0.15) is 22.9 Å². The van der Waals surface area contributed by atoms with Crippen LogP contribution in [0.1, 0.15) is 26.5 Å². The second-order valence-corrected chi connectivity index (χ2v) is 9.49. The number of aromatic nitrogens is 4. The number of anilines is 2. The maximum atomic E-state index is 14.9. The van der Waals surface area contributed by atoms with Gasteiger partial charge in [0.15, 0.2) is 5.75 Å². The number of benzene rings is 3. The van der Waals surface area contributed by atoms with Crippen molar-refractivity contribution in [2.45, 2.75) is 26.2 Å². The van der Waals surface area contributed by atoms with E-state index < -0.39 is 11.8 Å². The highest BCUT2D eigenvalue weighted by Gasteiger charge is 2.22. The van der Waals surface area contributed by atoms with E-state index in [1.807, 2.05) is 51.1 Å². The molecule has 2 aromatic heterocycles. The first-order valence-corrected chi connectivity index (χ1v) is 11.6. The Morgan fingerprint density at radius 3 is 2.49 bits per heavy atom. The van der Waals surface area contributed by atoms with Gasteiger partial charge in [-0.2, -0.15) is 5.10 Å². The summed E-state index contributed by atoms with van der Waals surface area (Å²) in [4.78, 5) is 29.7. The lowest BCUT2D eigenvalue weighted by Crippen LogP contribution is -2.21. The van der Waals surface area contributed by atoms with Crippen LogP contribution in [0.15, 0.2) is 77.6 Å². The summed E-state index contributed by atoms with van der Waals surface area (Å²) in [7, 11) is 0. The smallest absolute Gasteiger partial charge is 0.324 e. The zero-order valence-corrected chi connectivity index (χ0v) is 20.4. The number of nitrogens with zero attached hydrogens (tertiary/aromatic N) is 2. The molecule has 37 heavy (non-hydrogen) atoms. The third kappa shape index (κ3) is 5.08. The molecule has 0 atom stereocenters. The number of hydrogen-bond donors (Lipinski definition) is 4. The molecule has 5 rings (SSSR count). The summed E-state index contributed by atoms with van der Waals surface area (Å²) in [5.41, 5.74) is 1.97. The molecule has 0 unspecified atom stereocenters. The van der Waals surface area contributed by atoms with Crippen LogP contribution >= 0.6 is 0 Å². The minimum atomic E-state index is -0.686. The Balaban J connectivity index is 1.34. The molecule has 0 saturated heterocycles. The molecule has 5 aromatic rings. The van der Waals surface area contributed by atoms with Gasteiger partial charge in [0, 0.05) is 17.5 Å². The fourth-order valence-corrected chi connectivity index (χ4v) is 3.78. The molecular formula is C27H25FN6O3. The lowest BCUT2D eigenvalue weighted by molar-refractivity contribution is 0.262. The van der Waals surface area contributed by atoms with Crippen LogP contribution in [0, 0.1) is 5.82 Å². The topological polar surface area (TPSA) is 117 Å². The number of H-pyrrole nitrogens is 2. The van der Waals surface area contributed by atoms with Gasteiger partial charge in [-0.15, -0.1) is 0 Å². The molecule has 0 bridgehead atoms. The third-order valence-electron chi connectivity index (χ3n) is 5.65. The molecular weight excluding hydrogens is 475 g/mol. The van der Waals surface area contributed by atoms with Crippen molar-refractivity contribution >= 4 is 28.6 Å². The number of halogens is 1. The van der Waals surface area contributed by atoms with Gasteiger partial charge in [-0.1, -0.05) is 45.0 Å². The van der Waals surface area contributed by atoms with E-state index in [-0.39, 0.29) is 22.5 Å². The number of fused-ring (bicyclic) bond motifs is 1. The van der Waals surface area contributed by atoms with E-state index >= 15 is 0 Å². The van der Waals surface area contributed by atoms with E-state index in [1.54, 1.807) is 28.9 Å². The Bertz CT molecular complexity index is 1650. The van der Waals surface area contributed by atoms with Gasteiger partial charge >= 0.3 is 11.7 Å². The molecule has 2 heterocycles. The molecule has 0 radical (unpaired) electrons. The first kappa shape index (κ1) is 23.9. The Labute approximate surface area is 211 Å². The summed E-state index contributed by atoms with van der Waals surface area (Å²) in [6, 6.07) is 19.8.